The van der Waals surface area contributed by atoms with Gasteiger partial charge in [0.15, 0.2) is 0 Å². The Morgan fingerprint density at radius 1 is 0.900 bits per heavy atom. The monoisotopic (exact) mass is 277 g/mol. The zero-order valence-corrected chi connectivity index (χ0v) is 12.9. The largest absolute Gasteiger partial charge is 0.311 e. The average molecular weight is 277 g/mol. The van der Waals surface area contributed by atoms with Gasteiger partial charge in [0.2, 0.25) is 0 Å². The van der Waals surface area contributed by atoms with Crippen LogP contribution in [0.25, 0.3) is 0 Å². The fraction of sp³-hybridized carbons (Fsp3) is 1.00. The van der Waals surface area contributed by atoms with Crippen molar-refractivity contribution >= 4 is 0 Å². The van der Waals surface area contributed by atoms with Gasteiger partial charge in [-0.3, -0.25) is 4.90 Å². The highest BCUT2D eigenvalue weighted by atomic mass is 15.3. The van der Waals surface area contributed by atoms with Crippen molar-refractivity contribution in [3.8, 4) is 0 Å². The Bertz CT molecular complexity index is 320. The van der Waals surface area contributed by atoms with E-state index < -0.39 is 0 Å². The second kappa shape index (κ2) is 5.94. The average Bonchev–Trinajstić information content (AvgIpc) is 2.84. The van der Waals surface area contributed by atoms with Gasteiger partial charge in [0.05, 0.1) is 0 Å². The van der Waals surface area contributed by atoms with E-state index in [0.29, 0.717) is 0 Å². The molecular weight excluding hydrogens is 246 g/mol. The van der Waals surface area contributed by atoms with Crippen molar-refractivity contribution in [1.82, 2.24) is 15.1 Å². The molecule has 1 N–H and O–H groups in total. The molecule has 0 aromatic rings. The standard InChI is InChI=1S/C17H31N3/c1-2-7-20-10-9-19(13-17(20)3-1)8-6-14-11-15-4-5-16(12-14)18-15/h14-18H,1-13H2. The number of hydrogen-bond donors (Lipinski definition) is 1. The van der Waals surface area contributed by atoms with Crippen LogP contribution >= 0.6 is 0 Å². The molecule has 20 heavy (non-hydrogen) atoms. The fourth-order valence-corrected chi connectivity index (χ4v) is 5.20. The highest BCUT2D eigenvalue weighted by molar-refractivity contribution is 4.92. The van der Waals surface area contributed by atoms with E-state index in [4.69, 9.17) is 0 Å². The molecule has 4 saturated heterocycles. The summed E-state index contributed by atoms with van der Waals surface area (Å²) in [6.45, 7) is 6.76. The zero-order chi connectivity index (χ0) is 13.4. The maximum Gasteiger partial charge on any atom is 0.0223 e. The molecule has 3 heteroatoms. The molecule has 3 nitrogen and oxygen atoms in total. The van der Waals surface area contributed by atoms with E-state index >= 15 is 0 Å². The summed E-state index contributed by atoms with van der Waals surface area (Å²) in [6.07, 6.45) is 11.6. The van der Waals surface area contributed by atoms with Crippen LogP contribution in [0.1, 0.15) is 51.4 Å². The number of piperidine rings is 2. The second-order valence-electron chi connectivity index (χ2n) is 7.75. The fourth-order valence-electron chi connectivity index (χ4n) is 5.20. The Morgan fingerprint density at radius 2 is 1.75 bits per heavy atom. The third-order valence-corrected chi connectivity index (χ3v) is 6.35. The van der Waals surface area contributed by atoms with E-state index in [1.165, 1.54) is 84.1 Å². The smallest absolute Gasteiger partial charge is 0.0223 e. The third-order valence-electron chi connectivity index (χ3n) is 6.35. The Kier molecular flexibility index (Phi) is 4.02. The summed E-state index contributed by atoms with van der Waals surface area (Å²) in [7, 11) is 0. The van der Waals surface area contributed by atoms with Gasteiger partial charge in [0.25, 0.3) is 0 Å². The van der Waals surface area contributed by atoms with Gasteiger partial charge in [-0.1, -0.05) is 6.42 Å². The molecule has 4 aliphatic rings. The van der Waals surface area contributed by atoms with Crippen molar-refractivity contribution in [2.75, 3.05) is 32.7 Å². The Hall–Kier alpha value is -0.120. The van der Waals surface area contributed by atoms with Gasteiger partial charge in [0.1, 0.15) is 0 Å². The van der Waals surface area contributed by atoms with Crippen LogP contribution in [0.3, 0.4) is 0 Å². The van der Waals surface area contributed by atoms with Crippen LogP contribution in [0, 0.1) is 5.92 Å². The van der Waals surface area contributed by atoms with Crippen LogP contribution < -0.4 is 5.32 Å². The van der Waals surface area contributed by atoms with Gasteiger partial charge in [-0.25, -0.2) is 0 Å². The summed E-state index contributed by atoms with van der Waals surface area (Å²) >= 11 is 0. The minimum Gasteiger partial charge on any atom is -0.311 e. The molecule has 114 valence electrons. The van der Waals surface area contributed by atoms with Crippen LogP contribution in [0.2, 0.25) is 0 Å². The first-order chi connectivity index (χ1) is 9.87. The van der Waals surface area contributed by atoms with Crippen LogP contribution in [-0.2, 0) is 0 Å². The molecule has 4 aliphatic heterocycles. The molecule has 0 saturated carbocycles. The van der Waals surface area contributed by atoms with Gasteiger partial charge >= 0.3 is 0 Å². The molecule has 4 heterocycles. The lowest BCUT2D eigenvalue weighted by molar-refractivity contribution is 0.0455. The quantitative estimate of drug-likeness (QED) is 0.852. The highest BCUT2D eigenvalue weighted by Gasteiger charge is 2.34. The highest BCUT2D eigenvalue weighted by Crippen LogP contribution is 2.33. The first-order valence-electron chi connectivity index (χ1n) is 9.09. The molecule has 3 unspecified atom stereocenters. The first-order valence-corrected chi connectivity index (χ1v) is 9.09. The molecule has 0 spiro atoms. The SMILES string of the molecule is C1CCN2CCN(CCC3CC4CCC(C3)N4)CC2C1. The van der Waals surface area contributed by atoms with E-state index in [9.17, 15) is 0 Å². The molecular formula is C17H31N3. The van der Waals surface area contributed by atoms with Gasteiger partial charge in [-0.2, -0.15) is 0 Å². The number of nitrogens with one attached hydrogen (secondary N) is 1. The maximum absolute atomic E-state index is 3.78. The molecule has 4 fully saturated rings. The Labute approximate surface area is 124 Å². The summed E-state index contributed by atoms with van der Waals surface area (Å²) in [5, 5.41) is 3.78. The molecule has 0 aliphatic carbocycles. The lowest BCUT2D eigenvalue weighted by Crippen LogP contribution is -2.55. The lowest BCUT2D eigenvalue weighted by Gasteiger charge is -2.44. The Morgan fingerprint density at radius 3 is 2.60 bits per heavy atom. The molecule has 0 amide bonds. The summed E-state index contributed by atoms with van der Waals surface area (Å²) in [6, 6.07) is 2.63. The lowest BCUT2D eigenvalue weighted by atomic mass is 9.89. The van der Waals surface area contributed by atoms with Crippen LogP contribution in [0.4, 0.5) is 0 Å². The van der Waals surface area contributed by atoms with E-state index in [-0.39, 0.29) is 0 Å². The van der Waals surface area contributed by atoms with Gasteiger partial charge in [-0.05, 0) is 64.0 Å². The van der Waals surface area contributed by atoms with Crippen molar-refractivity contribution in [3.63, 3.8) is 0 Å². The van der Waals surface area contributed by atoms with E-state index in [1.807, 2.05) is 0 Å². The summed E-state index contributed by atoms with van der Waals surface area (Å²) < 4.78 is 0. The number of hydrogen-bond acceptors (Lipinski definition) is 3. The molecule has 3 atom stereocenters. The minimum atomic E-state index is 0.869. The number of piperazine rings is 1. The normalized spacial score (nSPS) is 42.6. The van der Waals surface area contributed by atoms with Crippen LogP contribution in [0.5, 0.6) is 0 Å². The van der Waals surface area contributed by atoms with Crippen molar-refractivity contribution in [2.45, 2.75) is 69.5 Å². The van der Waals surface area contributed by atoms with E-state index in [2.05, 4.69) is 15.1 Å². The Balaban J connectivity index is 1.23. The molecule has 0 aromatic carbocycles. The predicted molar refractivity (Wildman–Crippen MR) is 82.9 cm³/mol. The third kappa shape index (κ3) is 2.90. The molecule has 2 bridgehead atoms. The molecule has 4 rings (SSSR count). The zero-order valence-electron chi connectivity index (χ0n) is 12.9. The number of nitrogens with zero attached hydrogens (tertiary/aromatic N) is 2. The second-order valence-corrected chi connectivity index (χ2v) is 7.75. The van der Waals surface area contributed by atoms with E-state index in [0.717, 1.165) is 24.0 Å². The van der Waals surface area contributed by atoms with E-state index in [1.54, 1.807) is 0 Å². The van der Waals surface area contributed by atoms with Gasteiger partial charge in [0, 0.05) is 37.8 Å². The predicted octanol–water partition coefficient (Wildman–Crippen LogP) is 2.08. The van der Waals surface area contributed by atoms with Crippen molar-refractivity contribution < 1.29 is 0 Å². The summed E-state index contributed by atoms with van der Waals surface area (Å²) in [5.41, 5.74) is 0. The van der Waals surface area contributed by atoms with Crippen LogP contribution in [-0.4, -0.2) is 60.6 Å². The van der Waals surface area contributed by atoms with Gasteiger partial charge < -0.3 is 10.2 Å². The first kappa shape index (κ1) is 13.5. The van der Waals surface area contributed by atoms with Crippen molar-refractivity contribution in [2.24, 2.45) is 5.92 Å². The van der Waals surface area contributed by atoms with Crippen molar-refractivity contribution in [1.29, 1.82) is 0 Å². The maximum atomic E-state index is 3.78. The van der Waals surface area contributed by atoms with Crippen molar-refractivity contribution in [3.05, 3.63) is 0 Å². The summed E-state index contributed by atoms with van der Waals surface area (Å²) in [4.78, 5) is 5.53. The molecule has 0 radical (unpaired) electrons. The molecule has 0 aromatic heterocycles. The summed E-state index contributed by atoms with van der Waals surface area (Å²) in [5.74, 6) is 1.01. The van der Waals surface area contributed by atoms with Gasteiger partial charge in [-0.15, -0.1) is 0 Å². The minimum absolute atomic E-state index is 0.869. The number of rotatable bonds is 3. The number of fused-ring (bicyclic) bond motifs is 3. The van der Waals surface area contributed by atoms with Crippen LogP contribution in [0.15, 0.2) is 0 Å². The topological polar surface area (TPSA) is 18.5 Å².